The fourth-order valence-electron chi connectivity index (χ4n) is 5.24. The van der Waals surface area contributed by atoms with Crippen LogP contribution >= 0.6 is 0 Å². The number of nitrogens with one attached hydrogen (secondary N) is 1. The quantitative estimate of drug-likeness (QED) is 0.864. The number of aryl methyl sites for hydroxylation is 2. The molecule has 1 aromatic heterocycles. The van der Waals surface area contributed by atoms with Gasteiger partial charge >= 0.3 is 0 Å². The molecule has 2 N–H and O–H groups in total. The van der Waals surface area contributed by atoms with Gasteiger partial charge < -0.3 is 15.0 Å². The summed E-state index contributed by atoms with van der Waals surface area (Å²) in [6.07, 6.45) is 7.70. The van der Waals surface area contributed by atoms with E-state index in [4.69, 9.17) is 0 Å². The molecule has 0 aromatic carbocycles. The summed E-state index contributed by atoms with van der Waals surface area (Å²) < 4.78 is 0. The maximum atomic E-state index is 13.0. The van der Waals surface area contributed by atoms with Crippen LogP contribution in [0, 0.1) is 11.8 Å². The summed E-state index contributed by atoms with van der Waals surface area (Å²) in [5.41, 5.74) is 1.49. The molecule has 1 saturated heterocycles. The third kappa shape index (κ3) is 2.82. The molecule has 1 aliphatic heterocycles. The van der Waals surface area contributed by atoms with Crippen LogP contribution in [-0.2, 0) is 12.8 Å². The van der Waals surface area contributed by atoms with Gasteiger partial charge in [0.05, 0.1) is 5.60 Å². The van der Waals surface area contributed by atoms with Crippen molar-refractivity contribution in [2.45, 2.75) is 63.9 Å². The number of rotatable bonds is 2. The van der Waals surface area contributed by atoms with Crippen LogP contribution < -0.4 is 5.56 Å². The standard InChI is InChI=1S/C20H28N2O3/c1-2-20(25)9-5-7-14-11-22(12-16(14)20)19(24)15-10-13-6-3-4-8-17(13)21-18(15)23/h10,14,16,25H,2-9,11-12H2,1H3,(H,21,23)/t14-,16+,20-/m1/s1. The molecule has 4 rings (SSSR count). The molecule has 0 bridgehead atoms. The molecule has 25 heavy (non-hydrogen) atoms. The Kier molecular flexibility index (Phi) is 4.22. The maximum absolute atomic E-state index is 13.0. The van der Waals surface area contributed by atoms with E-state index >= 15 is 0 Å². The molecule has 3 aliphatic rings. The van der Waals surface area contributed by atoms with Crippen molar-refractivity contribution in [3.63, 3.8) is 0 Å². The summed E-state index contributed by atoms with van der Waals surface area (Å²) >= 11 is 0. The Labute approximate surface area is 148 Å². The number of hydrogen-bond donors (Lipinski definition) is 2. The van der Waals surface area contributed by atoms with Gasteiger partial charge in [-0.05, 0) is 62.5 Å². The number of carbonyl (C=O) groups is 1. The highest BCUT2D eigenvalue weighted by atomic mass is 16.3. The number of likely N-dealkylation sites (tertiary alicyclic amines) is 1. The molecule has 2 aliphatic carbocycles. The van der Waals surface area contributed by atoms with Crippen molar-refractivity contribution in [2.24, 2.45) is 11.8 Å². The Bertz CT molecular complexity index is 741. The zero-order valence-corrected chi connectivity index (χ0v) is 15.0. The normalized spacial score (nSPS) is 31.5. The van der Waals surface area contributed by atoms with E-state index in [0.717, 1.165) is 62.6 Å². The number of fused-ring (bicyclic) bond motifs is 2. The number of hydrogen-bond acceptors (Lipinski definition) is 3. The summed E-state index contributed by atoms with van der Waals surface area (Å²) in [6.45, 7) is 3.27. The molecular weight excluding hydrogens is 316 g/mol. The number of H-pyrrole nitrogens is 1. The Balaban J connectivity index is 1.59. The van der Waals surface area contributed by atoms with Crippen LogP contribution in [0.15, 0.2) is 10.9 Å². The van der Waals surface area contributed by atoms with Gasteiger partial charge in [-0.3, -0.25) is 9.59 Å². The highest BCUT2D eigenvalue weighted by molar-refractivity contribution is 5.94. The molecule has 0 radical (unpaired) electrons. The highest BCUT2D eigenvalue weighted by Crippen LogP contribution is 2.44. The minimum absolute atomic E-state index is 0.145. The first kappa shape index (κ1) is 16.8. The van der Waals surface area contributed by atoms with Crippen molar-refractivity contribution in [3.8, 4) is 0 Å². The molecule has 136 valence electrons. The predicted octanol–water partition coefficient (Wildman–Crippen LogP) is 2.27. The smallest absolute Gasteiger partial charge is 0.261 e. The largest absolute Gasteiger partial charge is 0.390 e. The first-order valence-electron chi connectivity index (χ1n) is 9.78. The Morgan fingerprint density at radius 1 is 1.32 bits per heavy atom. The second kappa shape index (κ2) is 6.27. The molecule has 1 saturated carbocycles. The van der Waals surface area contributed by atoms with Crippen molar-refractivity contribution >= 4 is 5.91 Å². The Hall–Kier alpha value is -1.62. The molecule has 5 heteroatoms. The van der Waals surface area contributed by atoms with Crippen LogP contribution in [-0.4, -0.2) is 39.6 Å². The SMILES string of the molecule is CC[C@@]1(O)CCC[C@@H]2CN(C(=O)c3cc4c([nH]c3=O)CCCC4)C[C@@H]21. The van der Waals surface area contributed by atoms with E-state index in [1.54, 1.807) is 4.90 Å². The van der Waals surface area contributed by atoms with E-state index in [9.17, 15) is 14.7 Å². The molecule has 1 amide bonds. The van der Waals surface area contributed by atoms with E-state index < -0.39 is 5.60 Å². The lowest BCUT2D eigenvalue weighted by molar-refractivity contribution is -0.0609. The van der Waals surface area contributed by atoms with Crippen molar-refractivity contribution in [2.75, 3.05) is 13.1 Å². The van der Waals surface area contributed by atoms with Crippen LogP contribution in [0.25, 0.3) is 0 Å². The summed E-state index contributed by atoms with van der Waals surface area (Å²) in [4.78, 5) is 30.2. The topological polar surface area (TPSA) is 73.4 Å². The molecule has 5 nitrogen and oxygen atoms in total. The zero-order chi connectivity index (χ0) is 17.6. The molecular formula is C20H28N2O3. The van der Waals surface area contributed by atoms with Gasteiger partial charge in [0.1, 0.15) is 5.56 Å². The van der Waals surface area contributed by atoms with Gasteiger partial charge in [-0.25, -0.2) is 0 Å². The lowest BCUT2D eigenvalue weighted by atomic mass is 9.69. The van der Waals surface area contributed by atoms with Crippen molar-refractivity contribution in [1.82, 2.24) is 9.88 Å². The van der Waals surface area contributed by atoms with Gasteiger partial charge in [0.15, 0.2) is 0 Å². The number of aromatic nitrogens is 1. The third-order valence-electron chi connectivity index (χ3n) is 6.78. The van der Waals surface area contributed by atoms with Crippen molar-refractivity contribution in [1.29, 1.82) is 0 Å². The first-order valence-corrected chi connectivity index (χ1v) is 9.78. The molecule has 2 fully saturated rings. The van der Waals surface area contributed by atoms with Crippen LogP contribution in [0.1, 0.15) is 67.1 Å². The second-order valence-corrected chi connectivity index (χ2v) is 8.15. The van der Waals surface area contributed by atoms with Crippen LogP contribution in [0.3, 0.4) is 0 Å². The predicted molar refractivity (Wildman–Crippen MR) is 95.7 cm³/mol. The second-order valence-electron chi connectivity index (χ2n) is 8.15. The maximum Gasteiger partial charge on any atom is 0.261 e. The van der Waals surface area contributed by atoms with Gasteiger partial charge in [0.2, 0.25) is 0 Å². The van der Waals surface area contributed by atoms with Crippen molar-refractivity contribution < 1.29 is 9.90 Å². The summed E-state index contributed by atoms with van der Waals surface area (Å²) in [6, 6.07) is 1.82. The number of aromatic amines is 1. The van der Waals surface area contributed by atoms with E-state index in [2.05, 4.69) is 4.98 Å². The first-order chi connectivity index (χ1) is 12.0. The number of pyridine rings is 1. The van der Waals surface area contributed by atoms with E-state index in [0.29, 0.717) is 19.0 Å². The van der Waals surface area contributed by atoms with E-state index in [1.807, 2.05) is 13.0 Å². The molecule has 0 unspecified atom stereocenters. The summed E-state index contributed by atoms with van der Waals surface area (Å²) in [5, 5.41) is 10.9. The van der Waals surface area contributed by atoms with Gasteiger partial charge in [0.25, 0.3) is 11.5 Å². The van der Waals surface area contributed by atoms with Gasteiger partial charge in [-0.15, -0.1) is 0 Å². The monoisotopic (exact) mass is 344 g/mol. The minimum atomic E-state index is -0.653. The third-order valence-corrected chi connectivity index (χ3v) is 6.78. The van der Waals surface area contributed by atoms with Crippen molar-refractivity contribution in [3.05, 3.63) is 33.2 Å². The summed E-state index contributed by atoms with van der Waals surface area (Å²) in [5.74, 6) is 0.341. The molecule has 0 spiro atoms. The van der Waals surface area contributed by atoms with Gasteiger partial charge in [-0.1, -0.05) is 13.3 Å². The highest BCUT2D eigenvalue weighted by Gasteiger charge is 2.48. The number of nitrogens with zero attached hydrogens (tertiary/aromatic N) is 1. The Morgan fingerprint density at radius 3 is 2.92 bits per heavy atom. The van der Waals surface area contributed by atoms with Gasteiger partial charge in [-0.2, -0.15) is 0 Å². The van der Waals surface area contributed by atoms with Crippen LogP contribution in [0.2, 0.25) is 0 Å². The molecule has 3 atom stereocenters. The number of aliphatic hydroxyl groups is 1. The van der Waals surface area contributed by atoms with E-state index in [-0.39, 0.29) is 22.9 Å². The average molecular weight is 344 g/mol. The van der Waals surface area contributed by atoms with Crippen LogP contribution in [0.4, 0.5) is 0 Å². The average Bonchev–Trinajstić information content (AvgIpc) is 3.06. The number of carbonyl (C=O) groups excluding carboxylic acids is 1. The zero-order valence-electron chi connectivity index (χ0n) is 15.0. The lowest BCUT2D eigenvalue weighted by Gasteiger charge is -2.40. The Morgan fingerprint density at radius 2 is 2.12 bits per heavy atom. The van der Waals surface area contributed by atoms with E-state index in [1.165, 1.54) is 0 Å². The minimum Gasteiger partial charge on any atom is -0.390 e. The van der Waals surface area contributed by atoms with Crippen LogP contribution in [0.5, 0.6) is 0 Å². The lowest BCUT2D eigenvalue weighted by Crippen LogP contribution is -2.44. The fraction of sp³-hybridized carbons (Fsp3) is 0.700. The van der Waals surface area contributed by atoms with Gasteiger partial charge in [0, 0.05) is 24.7 Å². The molecule has 1 aromatic rings. The fourth-order valence-corrected chi connectivity index (χ4v) is 5.24. The molecule has 2 heterocycles. The number of amides is 1. The summed E-state index contributed by atoms with van der Waals surface area (Å²) in [7, 11) is 0.